The van der Waals surface area contributed by atoms with Gasteiger partial charge >= 0.3 is 0 Å². The third-order valence-electron chi connectivity index (χ3n) is 3.60. The third-order valence-corrected chi connectivity index (χ3v) is 3.91. The summed E-state index contributed by atoms with van der Waals surface area (Å²) in [4.78, 5) is 13.7. The number of rotatable bonds is 2. The summed E-state index contributed by atoms with van der Waals surface area (Å²) in [5, 5.41) is 0. The van der Waals surface area contributed by atoms with E-state index in [0.29, 0.717) is 10.8 Å². The minimum absolute atomic E-state index is 0.0468. The van der Waals surface area contributed by atoms with E-state index in [1.54, 1.807) is 13.3 Å². The molecule has 2 atom stereocenters. The van der Waals surface area contributed by atoms with Crippen molar-refractivity contribution in [3.8, 4) is 0 Å². The van der Waals surface area contributed by atoms with Gasteiger partial charge in [-0.15, -0.1) is 0 Å². The Morgan fingerprint density at radius 1 is 1.62 bits per heavy atom. The summed E-state index contributed by atoms with van der Waals surface area (Å²) in [7, 11) is 1.73. The lowest BCUT2D eigenvalue weighted by Gasteiger charge is -2.51. The van der Waals surface area contributed by atoms with Crippen LogP contribution in [0.15, 0.2) is 17.1 Å². The van der Waals surface area contributed by atoms with Crippen LogP contribution in [0.3, 0.4) is 0 Å². The van der Waals surface area contributed by atoms with E-state index in [0.717, 1.165) is 6.42 Å². The molecule has 0 radical (unpaired) electrons. The Morgan fingerprint density at radius 2 is 2.31 bits per heavy atom. The first-order chi connectivity index (χ1) is 7.46. The van der Waals surface area contributed by atoms with Crippen LogP contribution in [0.5, 0.6) is 0 Å². The first-order valence-electron chi connectivity index (χ1n) is 5.31. The second-order valence-electron chi connectivity index (χ2n) is 4.81. The van der Waals surface area contributed by atoms with E-state index in [2.05, 4.69) is 18.8 Å². The molecule has 0 saturated heterocycles. The van der Waals surface area contributed by atoms with Crippen LogP contribution in [0, 0.1) is 10.2 Å². The highest BCUT2D eigenvalue weighted by Gasteiger charge is 2.49. The zero-order valence-corrected chi connectivity index (χ0v) is 10.5. The summed E-state index contributed by atoms with van der Waals surface area (Å²) in [6.07, 6.45) is 2.95. The van der Waals surface area contributed by atoms with Crippen molar-refractivity contribution in [3.05, 3.63) is 27.4 Å². The Morgan fingerprint density at radius 3 is 2.81 bits per heavy atom. The SMILES string of the molecule is COC1CC(n2ccc(=O)[nH]c2=S)C1(C)C. The second-order valence-corrected chi connectivity index (χ2v) is 5.20. The number of nitrogens with zero attached hydrogens (tertiary/aromatic N) is 1. The van der Waals surface area contributed by atoms with Crippen molar-refractivity contribution in [2.24, 2.45) is 5.41 Å². The van der Waals surface area contributed by atoms with Crippen molar-refractivity contribution in [3.63, 3.8) is 0 Å². The highest BCUT2D eigenvalue weighted by molar-refractivity contribution is 7.71. The molecule has 4 nitrogen and oxygen atoms in total. The Labute approximate surface area is 99.3 Å². The van der Waals surface area contributed by atoms with Crippen LogP contribution in [0.2, 0.25) is 0 Å². The van der Waals surface area contributed by atoms with Gasteiger partial charge in [0, 0.05) is 30.8 Å². The number of hydrogen-bond acceptors (Lipinski definition) is 3. The highest BCUT2D eigenvalue weighted by atomic mass is 32.1. The van der Waals surface area contributed by atoms with Gasteiger partial charge in [-0.3, -0.25) is 9.78 Å². The molecule has 1 aromatic heterocycles. The van der Waals surface area contributed by atoms with Gasteiger partial charge in [0.05, 0.1) is 6.10 Å². The van der Waals surface area contributed by atoms with Crippen molar-refractivity contribution in [2.45, 2.75) is 32.4 Å². The van der Waals surface area contributed by atoms with E-state index < -0.39 is 0 Å². The average molecular weight is 240 g/mol. The fourth-order valence-corrected chi connectivity index (χ4v) is 2.70. The lowest BCUT2D eigenvalue weighted by atomic mass is 9.64. The van der Waals surface area contributed by atoms with Crippen LogP contribution in [-0.4, -0.2) is 22.8 Å². The molecular weight excluding hydrogens is 224 g/mol. The number of hydrogen-bond donors (Lipinski definition) is 1. The molecule has 0 bridgehead atoms. The minimum atomic E-state index is -0.151. The van der Waals surface area contributed by atoms with E-state index in [9.17, 15) is 4.79 Å². The first-order valence-corrected chi connectivity index (χ1v) is 5.72. The molecule has 0 aromatic carbocycles. The molecule has 1 aliphatic rings. The third kappa shape index (κ3) is 1.64. The van der Waals surface area contributed by atoms with Gasteiger partial charge in [-0.05, 0) is 18.6 Å². The molecule has 0 spiro atoms. The number of methoxy groups -OCH3 is 1. The minimum Gasteiger partial charge on any atom is -0.381 e. The Bertz CT molecular complexity index is 503. The van der Waals surface area contributed by atoms with Crippen LogP contribution in [0.1, 0.15) is 26.3 Å². The first kappa shape index (κ1) is 11.5. The van der Waals surface area contributed by atoms with Crippen molar-refractivity contribution in [2.75, 3.05) is 7.11 Å². The van der Waals surface area contributed by atoms with Gasteiger partial charge in [-0.1, -0.05) is 13.8 Å². The van der Waals surface area contributed by atoms with Gasteiger partial charge in [-0.25, -0.2) is 0 Å². The second kappa shape index (κ2) is 3.82. The molecule has 1 aliphatic carbocycles. The van der Waals surface area contributed by atoms with Gasteiger partial charge in [0.2, 0.25) is 0 Å². The summed E-state index contributed by atoms with van der Waals surface area (Å²) in [6.45, 7) is 4.31. The predicted octanol–water partition coefficient (Wildman–Crippen LogP) is 1.89. The smallest absolute Gasteiger partial charge is 0.251 e. The zero-order chi connectivity index (χ0) is 11.9. The van der Waals surface area contributed by atoms with Crippen LogP contribution < -0.4 is 5.56 Å². The summed E-state index contributed by atoms with van der Waals surface area (Å²) in [5.74, 6) is 0. The van der Waals surface area contributed by atoms with E-state index in [1.165, 1.54) is 6.07 Å². The number of H-pyrrole nitrogens is 1. The van der Waals surface area contributed by atoms with Gasteiger partial charge in [0.25, 0.3) is 5.56 Å². The van der Waals surface area contributed by atoms with Crippen LogP contribution >= 0.6 is 12.2 Å². The molecule has 1 heterocycles. The van der Waals surface area contributed by atoms with Crippen molar-refractivity contribution in [1.82, 2.24) is 9.55 Å². The Balaban J connectivity index is 2.34. The molecule has 0 amide bonds. The fourth-order valence-electron chi connectivity index (χ4n) is 2.41. The summed E-state index contributed by atoms with van der Waals surface area (Å²) in [5.41, 5.74) is -0.104. The van der Waals surface area contributed by atoms with Crippen molar-refractivity contribution >= 4 is 12.2 Å². The van der Waals surface area contributed by atoms with Gasteiger partial charge in [0.15, 0.2) is 4.77 Å². The lowest BCUT2D eigenvalue weighted by Crippen LogP contribution is -2.51. The van der Waals surface area contributed by atoms with Crippen LogP contribution in [0.25, 0.3) is 0 Å². The number of ether oxygens (including phenoxy) is 1. The van der Waals surface area contributed by atoms with Gasteiger partial charge < -0.3 is 9.30 Å². The monoisotopic (exact) mass is 240 g/mol. The molecule has 1 N–H and O–H groups in total. The Hall–Kier alpha value is -0.940. The molecule has 5 heteroatoms. The maximum Gasteiger partial charge on any atom is 0.251 e. The van der Waals surface area contributed by atoms with E-state index in [1.807, 2.05) is 4.57 Å². The molecule has 2 unspecified atom stereocenters. The standard InChI is InChI=1S/C11H16N2O2S/c1-11(2)7(6-8(11)15-3)13-5-4-9(14)12-10(13)16/h4-5,7-8H,6H2,1-3H3,(H,12,14,16). The van der Waals surface area contributed by atoms with Crippen molar-refractivity contribution < 1.29 is 4.74 Å². The largest absolute Gasteiger partial charge is 0.381 e. The van der Waals surface area contributed by atoms with Gasteiger partial charge in [0.1, 0.15) is 0 Å². The molecule has 1 aromatic rings. The molecular formula is C11H16N2O2S. The van der Waals surface area contributed by atoms with Crippen LogP contribution in [0.4, 0.5) is 0 Å². The fraction of sp³-hybridized carbons (Fsp3) is 0.636. The highest BCUT2D eigenvalue weighted by Crippen LogP contribution is 2.50. The molecule has 88 valence electrons. The number of aromatic amines is 1. The maximum absolute atomic E-state index is 11.1. The Kier molecular flexibility index (Phi) is 2.75. The van der Waals surface area contributed by atoms with E-state index in [-0.39, 0.29) is 17.1 Å². The number of aromatic nitrogens is 2. The normalized spacial score (nSPS) is 27.4. The van der Waals surface area contributed by atoms with Crippen LogP contribution in [-0.2, 0) is 4.74 Å². The molecule has 2 rings (SSSR count). The predicted molar refractivity (Wildman–Crippen MR) is 64.1 cm³/mol. The maximum atomic E-state index is 11.1. The van der Waals surface area contributed by atoms with E-state index in [4.69, 9.17) is 17.0 Å². The average Bonchev–Trinajstić information content (AvgIpc) is 2.20. The van der Waals surface area contributed by atoms with Gasteiger partial charge in [-0.2, -0.15) is 0 Å². The zero-order valence-electron chi connectivity index (χ0n) is 9.69. The summed E-state index contributed by atoms with van der Waals surface area (Å²) >= 11 is 5.16. The molecule has 16 heavy (non-hydrogen) atoms. The molecule has 1 fully saturated rings. The quantitative estimate of drug-likeness (QED) is 0.803. The topological polar surface area (TPSA) is 47.0 Å². The van der Waals surface area contributed by atoms with E-state index >= 15 is 0 Å². The summed E-state index contributed by atoms with van der Waals surface area (Å²) < 4.78 is 7.83. The molecule has 0 aliphatic heterocycles. The molecule has 1 saturated carbocycles. The summed E-state index contributed by atoms with van der Waals surface area (Å²) in [6, 6.07) is 1.80. The van der Waals surface area contributed by atoms with Crippen molar-refractivity contribution in [1.29, 1.82) is 0 Å². The lowest BCUT2D eigenvalue weighted by molar-refractivity contribution is -0.113. The number of nitrogens with one attached hydrogen (secondary N) is 1.